The van der Waals surface area contributed by atoms with Crippen LogP contribution >= 0.6 is 0 Å². The van der Waals surface area contributed by atoms with Crippen LogP contribution in [0, 0.1) is 22.7 Å². The van der Waals surface area contributed by atoms with Gasteiger partial charge in [-0.2, -0.15) is 0 Å². The molecule has 0 spiro atoms. The number of allylic oxidation sites excluding steroid dienone is 2. The lowest BCUT2D eigenvalue weighted by molar-refractivity contribution is -0.171. The fourth-order valence-corrected chi connectivity index (χ4v) is 8.17. The molecule has 3 aliphatic carbocycles. The molecule has 0 saturated carbocycles. The Morgan fingerprint density at radius 1 is 1.05 bits per heavy atom. The molecule has 4 atom stereocenters. The van der Waals surface area contributed by atoms with Crippen LogP contribution in [0.4, 0.5) is 0 Å². The number of unbranched alkanes of at least 4 members (excludes halogenated alkanes) is 3. The number of phenols is 1. The SMILES string of the molecule is CCCCCCc1cc(CC)c(O)c2c1C[C@]1(C)C[C@]3(C)C(C(C)C)C(O)=C(C(C)=O)C(=O)[C@]3(O)C(O)=C1C2=O. The van der Waals surface area contributed by atoms with Gasteiger partial charge in [0, 0.05) is 22.3 Å². The number of hydrogen-bond donors (Lipinski definition) is 4. The number of phenolic OH excluding ortho intramolecular Hbond substituents is 1. The molecule has 7 heteroatoms. The fourth-order valence-electron chi connectivity index (χ4n) is 8.17. The molecule has 218 valence electrons. The maximum Gasteiger partial charge on any atom is 0.209 e. The highest BCUT2D eigenvalue weighted by Gasteiger charge is 2.71. The molecule has 0 aromatic heterocycles. The lowest BCUT2D eigenvalue weighted by Gasteiger charge is -2.59. The normalized spacial score (nSPS) is 30.0. The molecule has 40 heavy (non-hydrogen) atoms. The molecule has 4 N–H and O–H groups in total. The van der Waals surface area contributed by atoms with Gasteiger partial charge in [-0.1, -0.05) is 66.9 Å². The Bertz CT molecular complexity index is 1350. The first-order valence-electron chi connectivity index (χ1n) is 14.7. The van der Waals surface area contributed by atoms with Gasteiger partial charge in [-0.05, 0) is 61.6 Å². The average molecular weight is 553 g/mol. The smallest absolute Gasteiger partial charge is 0.209 e. The third kappa shape index (κ3) is 3.99. The lowest BCUT2D eigenvalue weighted by atomic mass is 9.44. The summed E-state index contributed by atoms with van der Waals surface area (Å²) in [4.78, 5) is 40.6. The Labute approximate surface area is 237 Å². The highest BCUT2D eigenvalue weighted by Crippen LogP contribution is 2.65. The molecule has 0 amide bonds. The van der Waals surface area contributed by atoms with Gasteiger partial charge in [0.1, 0.15) is 22.8 Å². The van der Waals surface area contributed by atoms with Crippen molar-refractivity contribution in [2.75, 3.05) is 0 Å². The van der Waals surface area contributed by atoms with Crippen LogP contribution in [-0.2, 0) is 28.9 Å². The predicted molar refractivity (Wildman–Crippen MR) is 152 cm³/mol. The van der Waals surface area contributed by atoms with E-state index in [9.17, 15) is 34.8 Å². The summed E-state index contributed by atoms with van der Waals surface area (Å²) in [6.07, 6.45) is 5.91. The van der Waals surface area contributed by atoms with E-state index in [1.54, 1.807) is 6.92 Å². The van der Waals surface area contributed by atoms with Gasteiger partial charge in [-0.15, -0.1) is 0 Å². The van der Waals surface area contributed by atoms with Crippen molar-refractivity contribution in [1.82, 2.24) is 0 Å². The van der Waals surface area contributed by atoms with E-state index >= 15 is 0 Å². The van der Waals surface area contributed by atoms with Crippen LogP contribution in [0.15, 0.2) is 28.7 Å². The number of benzene rings is 1. The first kappa shape index (κ1) is 30.0. The van der Waals surface area contributed by atoms with Crippen LogP contribution in [0.1, 0.15) is 108 Å². The second-order valence-corrected chi connectivity index (χ2v) is 13.0. The zero-order chi connectivity index (χ0) is 29.9. The molecule has 0 aliphatic heterocycles. The standard InChI is InChI=1S/C33H44O7/c1-8-10-11-12-13-20-14-19(9-2)26(35)23-21(20)15-31(6)16-32(7)24(17(3)4)27(36)22(18(5)34)29(38)33(32,40)30(39)25(31)28(23)37/h14,17,24,35-36,39-40H,8-13,15-16H2,1-7H3/t24?,31-,32-,33+/m1/s1. The van der Waals surface area contributed by atoms with Crippen LogP contribution in [0.3, 0.4) is 0 Å². The van der Waals surface area contributed by atoms with Crippen LogP contribution in [-0.4, -0.2) is 43.4 Å². The Balaban J connectivity index is 2.00. The fraction of sp³-hybridized carbons (Fsp3) is 0.606. The van der Waals surface area contributed by atoms with Gasteiger partial charge in [0.2, 0.25) is 5.78 Å². The molecule has 1 unspecified atom stereocenters. The molecule has 4 rings (SSSR count). The number of aryl methyl sites for hydroxylation is 2. The van der Waals surface area contributed by atoms with Gasteiger partial charge in [-0.25, -0.2) is 0 Å². The summed E-state index contributed by atoms with van der Waals surface area (Å²) in [5.74, 6) is -4.80. The Hall–Kier alpha value is -2.93. The number of aliphatic hydroxyl groups is 3. The molecule has 0 fully saturated rings. The van der Waals surface area contributed by atoms with Gasteiger partial charge < -0.3 is 20.4 Å². The monoisotopic (exact) mass is 552 g/mol. The van der Waals surface area contributed by atoms with Crippen molar-refractivity contribution in [2.24, 2.45) is 22.7 Å². The minimum atomic E-state index is -2.59. The number of aliphatic hydroxyl groups excluding tert-OH is 2. The second-order valence-electron chi connectivity index (χ2n) is 13.0. The zero-order valence-corrected chi connectivity index (χ0v) is 24.9. The van der Waals surface area contributed by atoms with Crippen molar-refractivity contribution in [3.63, 3.8) is 0 Å². The number of Topliss-reactive ketones (excluding diaryl/α,β-unsaturated/α-hetero) is 3. The third-order valence-electron chi connectivity index (χ3n) is 9.86. The Morgan fingerprint density at radius 3 is 2.25 bits per heavy atom. The summed E-state index contributed by atoms with van der Waals surface area (Å²) in [5, 5.41) is 46.5. The zero-order valence-electron chi connectivity index (χ0n) is 24.9. The van der Waals surface area contributed by atoms with E-state index < -0.39 is 51.0 Å². The van der Waals surface area contributed by atoms with E-state index in [4.69, 9.17) is 0 Å². The summed E-state index contributed by atoms with van der Waals surface area (Å²) in [7, 11) is 0. The summed E-state index contributed by atoms with van der Waals surface area (Å²) in [6.45, 7) is 12.4. The molecule has 0 radical (unpaired) electrons. The maximum atomic E-state index is 14.3. The molecule has 0 heterocycles. The molecular formula is C33H44O7. The van der Waals surface area contributed by atoms with Gasteiger partial charge in [0.05, 0.1) is 5.56 Å². The first-order valence-corrected chi connectivity index (χ1v) is 14.7. The largest absolute Gasteiger partial charge is 0.511 e. The summed E-state index contributed by atoms with van der Waals surface area (Å²) >= 11 is 0. The topological polar surface area (TPSA) is 132 Å². The van der Waals surface area contributed by atoms with Crippen LogP contribution in [0.2, 0.25) is 0 Å². The number of aromatic hydroxyl groups is 1. The van der Waals surface area contributed by atoms with Crippen molar-refractivity contribution in [2.45, 2.75) is 105 Å². The van der Waals surface area contributed by atoms with Crippen molar-refractivity contribution in [3.05, 3.63) is 51.0 Å². The number of carbonyl (C=O) groups is 3. The molecule has 0 saturated heterocycles. The van der Waals surface area contributed by atoms with Crippen molar-refractivity contribution in [3.8, 4) is 5.75 Å². The average Bonchev–Trinajstić information content (AvgIpc) is 2.84. The van der Waals surface area contributed by atoms with Gasteiger partial charge in [-0.3, -0.25) is 14.4 Å². The van der Waals surface area contributed by atoms with E-state index in [0.29, 0.717) is 18.4 Å². The molecule has 0 bridgehead atoms. The van der Waals surface area contributed by atoms with Crippen molar-refractivity contribution in [1.29, 1.82) is 0 Å². The number of ketones is 3. The van der Waals surface area contributed by atoms with Gasteiger partial charge in [0.15, 0.2) is 17.2 Å². The highest BCUT2D eigenvalue weighted by atomic mass is 16.3. The van der Waals surface area contributed by atoms with Gasteiger partial charge in [0.25, 0.3) is 0 Å². The molecule has 1 aromatic rings. The molecule has 3 aliphatic rings. The van der Waals surface area contributed by atoms with Crippen LogP contribution in [0.5, 0.6) is 5.75 Å². The molecule has 7 nitrogen and oxygen atoms in total. The first-order chi connectivity index (χ1) is 18.6. The van der Waals surface area contributed by atoms with E-state index in [1.807, 2.05) is 33.8 Å². The highest BCUT2D eigenvalue weighted by molar-refractivity contribution is 6.25. The van der Waals surface area contributed by atoms with Gasteiger partial charge >= 0.3 is 0 Å². The Kier molecular flexibility index (Phi) is 7.63. The van der Waals surface area contributed by atoms with E-state index in [2.05, 4.69) is 6.92 Å². The quantitative estimate of drug-likeness (QED) is 0.229. The van der Waals surface area contributed by atoms with Crippen molar-refractivity contribution < 1.29 is 34.8 Å². The molecule has 1 aromatic carbocycles. The Morgan fingerprint density at radius 2 is 1.70 bits per heavy atom. The van der Waals surface area contributed by atoms with E-state index in [1.165, 1.54) is 0 Å². The summed E-state index contributed by atoms with van der Waals surface area (Å²) in [6, 6.07) is 1.99. The van der Waals surface area contributed by atoms with Crippen LogP contribution < -0.4 is 0 Å². The third-order valence-corrected chi connectivity index (χ3v) is 9.86. The van der Waals surface area contributed by atoms with E-state index in [-0.39, 0.29) is 35.0 Å². The minimum Gasteiger partial charge on any atom is -0.511 e. The van der Waals surface area contributed by atoms with Crippen LogP contribution in [0.25, 0.3) is 0 Å². The van der Waals surface area contributed by atoms with Crippen molar-refractivity contribution >= 4 is 17.3 Å². The van der Waals surface area contributed by atoms with E-state index in [0.717, 1.165) is 50.2 Å². The predicted octanol–water partition coefficient (Wildman–Crippen LogP) is 6.03. The minimum absolute atomic E-state index is 0.0967. The number of fused-ring (bicyclic) bond motifs is 3. The number of hydrogen-bond acceptors (Lipinski definition) is 7. The summed E-state index contributed by atoms with van der Waals surface area (Å²) < 4.78 is 0. The second kappa shape index (κ2) is 10.2. The maximum absolute atomic E-state index is 14.3. The number of carbonyl (C=O) groups excluding carboxylic acids is 3. The lowest BCUT2D eigenvalue weighted by Crippen LogP contribution is -2.67. The number of rotatable bonds is 8. The summed E-state index contributed by atoms with van der Waals surface area (Å²) in [5.41, 5.74) is -3.10. The molecular weight excluding hydrogens is 508 g/mol.